The molecule has 3 rings (SSSR count). The fraction of sp³-hybridized carbons (Fsp3) is 0.350. The fourth-order valence-electron chi connectivity index (χ4n) is 3.31. The summed E-state index contributed by atoms with van der Waals surface area (Å²) in [6.45, 7) is 4.99. The Balaban J connectivity index is 0.00000243. The van der Waals surface area contributed by atoms with Crippen molar-refractivity contribution in [2.75, 3.05) is 6.61 Å². The number of aromatic nitrogens is 2. The lowest BCUT2D eigenvalue weighted by Crippen LogP contribution is -3.00. The van der Waals surface area contributed by atoms with Crippen LogP contribution in [-0.2, 0) is 13.6 Å². The van der Waals surface area contributed by atoms with Crippen LogP contribution in [0.25, 0.3) is 11.0 Å². The van der Waals surface area contributed by atoms with E-state index in [0.717, 1.165) is 11.0 Å². The Bertz CT molecular complexity index is 879. The van der Waals surface area contributed by atoms with Gasteiger partial charge >= 0.3 is 0 Å². The van der Waals surface area contributed by atoms with Gasteiger partial charge in [0.2, 0.25) is 0 Å². The summed E-state index contributed by atoms with van der Waals surface area (Å²) in [5.74, 6) is 2.11. The Morgan fingerprint density at radius 1 is 1.12 bits per heavy atom. The lowest BCUT2D eigenvalue weighted by atomic mass is 10.2. The summed E-state index contributed by atoms with van der Waals surface area (Å²) in [6.07, 6.45) is -0.635. The van der Waals surface area contributed by atoms with Crippen LogP contribution in [0.1, 0.15) is 25.6 Å². The third-order valence-corrected chi connectivity index (χ3v) is 4.64. The van der Waals surface area contributed by atoms with Crippen molar-refractivity contribution in [2.24, 2.45) is 7.05 Å². The normalized spacial score (nSPS) is 12.2. The first-order valence-corrected chi connectivity index (χ1v) is 8.89. The zero-order valence-electron chi connectivity index (χ0n) is 15.2. The number of imidazole rings is 1. The summed E-state index contributed by atoms with van der Waals surface area (Å²) < 4.78 is 10.1. The van der Waals surface area contributed by atoms with Gasteiger partial charge in [-0.3, -0.25) is 0 Å². The number of para-hydroxylation sites is 3. The predicted molar refractivity (Wildman–Crippen MR) is 100 cm³/mol. The highest BCUT2D eigenvalue weighted by molar-refractivity contribution is 6.32. The van der Waals surface area contributed by atoms with Crippen LogP contribution in [0.15, 0.2) is 48.5 Å². The minimum atomic E-state index is -0.635. The number of hydrogen-bond donors (Lipinski definition) is 1. The number of aliphatic hydroxyl groups excluding tert-OH is 1. The average Bonchev–Trinajstić information content (AvgIpc) is 2.87. The predicted octanol–water partition coefficient (Wildman–Crippen LogP) is 0.686. The summed E-state index contributed by atoms with van der Waals surface area (Å²) in [7, 11) is 2.07. The number of benzene rings is 2. The van der Waals surface area contributed by atoms with E-state index in [1.807, 2.05) is 24.3 Å². The summed E-state index contributed by atoms with van der Waals surface area (Å²) in [5.41, 5.74) is 2.27. The van der Waals surface area contributed by atoms with Gasteiger partial charge in [0.15, 0.2) is 11.0 Å². The molecule has 1 atom stereocenters. The van der Waals surface area contributed by atoms with E-state index in [4.69, 9.17) is 16.3 Å². The summed E-state index contributed by atoms with van der Waals surface area (Å²) in [5, 5.41) is 11.1. The number of hydrogen-bond acceptors (Lipinski definition) is 2. The van der Waals surface area contributed by atoms with Crippen LogP contribution in [-0.4, -0.2) is 22.4 Å². The van der Waals surface area contributed by atoms with Gasteiger partial charge in [-0.15, -0.1) is 0 Å². The molecule has 0 amide bonds. The van der Waals surface area contributed by atoms with Gasteiger partial charge in [-0.25, -0.2) is 9.13 Å². The van der Waals surface area contributed by atoms with Crippen molar-refractivity contribution in [3.05, 3.63) is 59.4 Å². The number of nitrogens with zero attached hydrogens (tertiary/aromatic N) is 2. The number of halogens is 2. The van der Waals surface area contributed by atoms with E-state index >= 15 is 0 Å². The van der Waals surface area contributed by atoms with E-state index in [2.05, 4.69) is 42.2 Å². The molecule has 0 fully saturated rings. The molecule has 1 unspecified atom stereocenters. The van der Waals surface area contributed by atoms with Crippen LogP contribution in [0, 0.1) is 0 Å². The van der Waals surface area contributed by atoms with Crippen molar-refractivity contribution < 1.29 is 38.4 Å². The molecular formula is C20H24ClIN2O2. The first-order valence-electron chi connectivity index (χ1n) is 8.51. The van der Waals surface area contributed by atoms with Crippen LogP contribution in [0.4, 0.5) is 0 Å². The lowest BCUT2D eigenvalue weighted by Gasteiger charge is -2.13. The maximum Gasteiger partial charge on any atom is 0.259 e. The molecule has 0 radical (unpaired) electrons. The summed E-state index contributed by atoms with van der Waals surface area (Å²) >= 11 is 6.10. The van der Waals surface area contributed by atoms with Crippen LogP contribution in [0.5, 0.6) is 5.75 Å². The van der Waals surface area contributed by atoms with Crippen molar-refractivity contribution in [3.8, 4) is 5.75 Å². The Labute approximate surface area is 176 Å². The third kappa shape index (κ3) is 4.32. The van der Waals surface area contributed by atoms with Crippen LogP contribution < -0.4 is 33.3 Å². The van der Waals surface area contributed by atoms with Gasteiger partial charge in [-0.05, 0) is 24.3 Å². The topological polar surface area (TPSA) is 38.3 Å². The molecule has 2 aromatic carbocycles. The van der Waals surface area contributed by atoms with Gasteiger partial charge in [0, 0.05) is 0 Å². The Kier molecular flexibility index (Phi) is 7.32. The highest BCUT2D eigenvalue weighted by Crippen LogP contribution is 2.24. The van der Waals surface area contributed by atoms with Crippen molar-refractivity contribution in [1.29, 1.82) is 0 Å². The monoisotopic (exact) mass is 486 g/mol. The molecule has 0 aliphatic heterocycles. The standard InChI is InChI=1S/C20H24ClN2O2.HI/c1-14(2)20-22(3)17-9-5-6-10-18(17)23(20)12-15(24)13-25-19-11-7-4-8-16(19)21;/h4-11,14-15,24H,12-13H2,1-3H3;1H/q+1;/p-1. The quantitative estimate of drug-likeness (QED) is 0.411. The SMILES string of the molecule is CC(C)c1n(CC(O)COc2ccccc2Cl)c2ccccc2[n+]1C.[I-]. The van der Waals surface area contributed by atoms with E-state index in [1.165, 1.54) is 5.82 Å². The summed E-state index contributed by atoms with van der Waals surface area (Å²) in [6, 6.07) is 15.5. The van der Waals surface area contributed by atoms with Crippen LogP contribution in [0.3, 0.4) is 0 Å². The maximum atomic E-state index is 10.5. The largest absolute Gasteiger partial charge is 1.00 e. The smallest absolute Gasteiger partial charge is 0.259 e. The highest BCUT2D eigenvalue weighted by atomic mass is 127. The Morgan fingerprint density at radius 2 is 1.77 bits per heavy atom. The van der Waals surface area contributed by atoms with E-state index in [0.29, 0.717) is 23.2 Å². The second-order valence-electron chi connectivity index (χ2n) is 6.57. The van der Waals surface area contributed by atoms with Crippen LogP contribution in [0.2, 0.25) is 5.02 Å². The van der Waals surface area contributed by atoms with E-state index in [1.54, 1.807) is 12.1 Å². The van der Waals surface area contributed by atoms with E-state index in [-0.39, 0.29) is 30.6 Å². The zero-order valence-corrected chi connectivity index (χ0v) is 18.1. The van der Waals surface area contributed by atoms with Crippen molar-refractivity contribution in [3.63, 3.8) is 0 Å². The summed E-state index contributed by atoms with van der Waals surface area (Å²) in [4.78, 5) is 0. The number of fused-ring (bicyclic) bond motifs is 1. The molecule has 3 aromatic rings. The third-order valence-electron chi connectivity index (χ3n) is 4.33. The molecule has 140 valence electrons. The van der Waals surface area contributed by atoms with Crippen molar-refractivity contribution >= 4 is 22.6 Å². The molecule has 1 heterocycles. The van der Waals surface area contributed by atoms with E-state index < -0.39 is 6.10 Å². The Morgan fingerprint density at radius 3 is 2.46 bits per heavy atom. The molecule has 26 heavy (non-hydrogen) atoms. The van der Waals surface area contributed by atoms with Crippen molar-refractivity contribution in [1.82, 2.24) is 4.57 Å². The first-order chi connectivity index (χ1) is 12.0. The second-order valence-corrected chi connectivity index (χ2v) is 6.97. The maximum absolute atomic E-state index is 10.5. The minimum absolute atomic E-state index is 0. The highest BCUT2D eigenvalue weighted by Gasteiger charge is 2.26. The van der Waals surface area contributed by atoms with Gasteiger partial charge in [0.05, 0.1) is 18.0 Å². The molecule has 0 bridgehead atoms. The molecule has 1 aromatic heterocycles. The molecular weight excluding hydrogens is 463 g/mol. The van der Waals surface area contributed by atoms with Gasteiger partial charge in [0.25, 0.3) is 5.82 Å². The average molecular weight is 487 g/mol. The van der Waals surface area contributed by atoms with Gasteiger partial charge in [-0.2, -0.15) is 0 Å². The molecule has 0 spiro atoms. The van der Waals surface area contributed by atoms with Gasteiger partial charge < -0.3 is 33.8 Å². The molecule has 4 nitrogen and oxygen atoms in total. The lowest BCUT2D eigenvalue weighted by molar-refractivity contribution is -0.655. The molecule has 1 N–H and O–H groups in total. The van der Waals surface area contributed by atoms with Gasteiger partial charge in [-0.1, -0.05) is 49.7 Å². The Hall–Kier alpha value is -1.31. The number of aryl methyl sites for hydroxylation is 1. The molecule has 0 aliphatic carbocycles. The number of aliphatic hydroxyl groups is 1. The number of rotatable bonds is 6. The van der Waals surface area contributed by atoms with Gasteiger partial charge in [0.1, 0.15) is 25.0 Å². The van der Waals surface area contributed by atoms with Crippen molar-refractivity contribution in [2.45, 2.75) is 32.4 Å². The molecule has 0 saturated heterocycles. The molecule has 6 heteroatoms. The fourth-order valence-corrected chi connectivity index (χ4v) is 3.50. The minimum Gasteiger partial charge on any atom is -1.00 e. The molecule has 0 aliphatic rings. The first kappa shape index (κ1) is 21.0. The number of ether oxygens (including phenoxy) is 1. The second kappa shape index (κ2) is 9.06. The zero-order chi connectivity index (χ0) is 18.0. The molecule has 0 saturated carbocycles. The van der Waals surface area contributed by atoms with E-state index in [9.17, 15) is 5.11 Å². The van der Waals surface area contributed by atoms with Crippen LogP contribution >= 0.6 is 11.6 Å².